The van der Waals surface area contributed by atoms with Crippen LogP contribution in [0.1, 0.15) is 30.9 Å². The molecular weight excluding hydrogens is 230 g/mol. The number of ether oxygens (including phenoxy) is 2. The van der Waals surface area contributed by atoms with E-state index in [2.05, 4.69) is 5.16 Å². The topological polar surface area (TPSA) is 51.1 Å². The smallest absolute Gasteiger partial charge is 0.128 e. The molecule has 98 valence electrons. The largest absolute Gasteiger partial charge is 0.490 e. The molecule has 1 aromatic rings. The Kier molecular flexibility index (Phi) is 4.20. The van der Waals surface area contributed by atoms with Gasteiger partial charge in [-0.15, -0.1) is 0 Å². The molecule has 1 aliphatic heterocycles. The number of nitrogens with zero attached hydrogens (tertiary/aromatic N) is 1. The number of rotatable bonds is 4. The molecule has 1 saturated heterocycles. The van der Waals surface area contributed by atoms with Crippen molar-refractivity contribution in [2.24, 2.45) is 5.16 Å². The van der Waals surface area contributed by atoms with Crippen molar-refractivity contribution in [2.45, 2.75) is 32.8 Å². The third kappa shape index (κ3) is 3.01. The van der Waals surface area contributed by atoms with Gasteiger partial charge in [0.25, 0.3) is 0 Å². The zero-order valence-corrected chi connectivity index (χ0v) is 10.8. The maximum absolute atomic E-state index is 8.89. The second-order valence-corrected chi connectivity index (χ2v) is 4.63. The first-order valence-corrected chi connectivity index (χ1v) is 6.25. The summed E-state index contributed by atoms with van der Waals surface area (Å²) in [4.78, 5) is 0. The van der Waals surface area contributed by atoms with Gasteiger partial charge in [-0.3, -0.25) is 0 Å². The van der Waals surface area contributed by atoms with Crippen molar-refractivity contribution < 1.29 is 14.7 Å². The van der Waals surface area contributed by atoms with Crippen molar-refractivity contribution in [1.29, 1.82) is 0 Å². The predicted molar refractivity (Wildman–Crippen MR) is 69.6 cm³/mol. The summed E-state index contributed by atoms with van der Waals surface area (Å²) in [5.74, 6) is 0.742. The zero-order chi connectivity index (χ0) is 13.0. The number of oxime groups is 1. The number of hydrogen-bond donors (Lipinski definition) is 1. The third-order valence-electron chi connectivity index (χ3n) is 3.12. The van der Waals surface area contributed by atoms with Crippen molar-refractivity contribution >= 4 is 5.71 Å². The van der Waals surface area contributed by atoms with Gasteiger partial charge in [0, 0.05) is 12.2 Å². The Hall–Kier alpha value is -1.55. The highest BCUT2D eigenvalue weighted by Crippen LogP contribution is 2.22. The molecule has 0 radical (unpaired) electrons. The van der Waals surface area contributed by atoms with E-state index < -0.39 is 0 Å². The Labute approximate surface area is 107 Å². The minimum Gasteiger partial charge on any atom is -0.490 e. The fraction of sp³-hybridized carbons (Fsp3) is 0.500. The first-order valence-electron chi connectivity index (χ1n) is 6.25. The van der Waals surface area contributed by atoms with Crippen LogP contribution in [0.4, 0.5) is 0 Å². The monoisotopic (exact) mass is 249 g/mol. The Balaban J connectivity index is 2.10. The molecular formula is C14H19NO3. The van der Waals surface area contributed by atoms with E-state index in [0.29, 0.717) is 12.3 Å². The fourth-order valence-corrected chi connectivity index (χ4v) is 2.06. The van der Waals surface area contributed by atoms with Gasteiger partial charge in [0.1, 0.15) is 12.4 Å². The lowest BCUT2D eigenvalue weighted by molar-refractivity contribution is 0.0679. The molecule has 0 saturated carbocycles. The highest BCUT2D eigenvalue weighted by Gasteiger charge is 2.17. The van der Waals surface area contributed by atoms with Crippen LogP contribution in [0.2, 0.25) is 0 Å². The molecule has 2 rings (SSSR count). The van der Waals surface area contributed by atoms with E-state index >= 15 is 0 Å². The van der Waals surface area contributed by atoms with E-state index in [0.717, 1.165) is 36.3 Å². The van der Waals surface area contributed by atoms with Crippen LogP contribution in [0.25, 0.3) is 0 Å². The van der Waals surface area contributed by atoms with Gasteiger partial charge in [-0.25, -0.2) is 0 Å². The predicted octanol–water partition coefficient (Wildman–Crippen LogP) is 2.75. The quantitative estimate of drug-likeness (QED) is 0.507. The van der Waals surface area contributed by atoms with Crippen LogP contribution in [0.3, 0.4) is 0 Å². The summed E-state index contributed by atoms with van der Waals surface area (Å²) in [5.41, 5.74) is 2.49. The fourth-order valence-electron chi connectivity index (χ4n) is 2.06. The van der Waals surface area contributed by atoms with Crippen LogP contribution < -0.4 is 4.74 Å². The summed E-state index contributed by atoms with van der Waals surface area (Å²) < 4.78 is 11.3. The summed E-state index contributed by atoms with van der Waals surface area (Å²) in [6.07, 6.45) is 2.34. The van der Waals surface area contributed by atoms with E-state index in [1.807, 2.05) is 25.1 Å². The molecule has 1 heterocycles. The van der Waals surface area contributed by atoms with Crippen LogP contribution in [0, 0.1) is 6.92 Å². The van der Waals surface area contributed by atoms with Crippen molar-refractivity contribution in [1.82, 2.24) is 0 Å². The van der Waals surface area contributed by atoms with Gasteiger partial charge < -0.3 is 14.7 Å². The first-order chi connectivity index (χ1) is 8.70. The van der Waals surface area contributed by atoms with E-state index in [4.69, 9.17) is 14.7 Å². The molecule has 1 aromatic carbocycles. The average Bonchev–Trinajstić information content (AvgIpc) is 2.89. The first kappa shape index (κ1) is 12.9. The van der Waals surface area contributed by atoms with Gasteiger partial charge >= 0.3 is 0 Å². The van der Waals surface area contributed by atoms with Crippen molar-refractivity contribution in [3.8, 4) is 5.75 Å². The molecule has 0 aromatic heterocycles. The molecule has 4 nitrogen and oxygen atoms in total. The van der Waals surface area contributed by atoms with Crippen molar-refractivity contribution in [3.63, 3.8) is 0 Å². The molecule has 4 heteroatoms. The van der Waals surface area contributed by atoms with Gasteiger partial charge in [-0.05, 0) is 38.8 Å². The maximum atomic E-state index is 8.89. The Morgan fingerprint density at radius 3 is 3.06 bits per heavy atom. The summed E-state index contributed by atoms with van der Waals surface area (Å²) in [5, 5.41) is 12.1. The molecule has 1 N–H and O–H groups in total. The molecule has 1 unspecified atom stereocenters. The van der Waals surface area contributed by atoms with Crippen molar-refractivity contribution in [2.75, 3.05) is 13.2 Å². The molecule has 1 aliphatic rings. The molecule has 0 aliphatic carbocycles. The molecule has 1 atom stereocenters. The summed E-state index contributed by atoms with van der Waals surface area (Å²) in [6.45, 7) is 5.13. The van der Waals surface area contributed by atoms with Gasteiger partial charge in [0.15, 0.2) is 0 Å². The van der Waals surface area contributed by atoms with Crippen LogP contribution in [0.15, 0.2) is 23.4 Å². The summed E-state index contributed by atoms with van der Waals surface area (Å²) >= 11 is 0. The minimum atomic E-state index is 0.186. The second-order valence-electron chi connectivity index (χ2n) is 4.63. The summed E-state index contributed by atoms with van der Waals surface area (Å²) in [7, 11) is 0. The molecule has 0 bridgehead atoms. The number of benzene rings is 1. The van der Waals surface area contributed by atoms with E-state index in [1.165, 1.54) is 0 Å². The Morgan fingerprint density at radius 2 is 2.39 bits per heavy atom. The van der Waals surface area contributed by atoms with E-state index in [9.17, 15) is 0 Å². The van der Waals surface area contributed by atoms with Crippen LogP contribution >= 0.6 is 0 Å². The SMILES string of the molecule is C/C(=N\O)c1cc(C)ccc1OCC1CCCO1. The summed E-state index contributed by atoms with van der Waals surface area (Å²) in [6, 6.07) is 5.85. The van der Waals surface area contributed by atoms with Crippen molar-refractivity contribution in [3.05, 3.63) is 29.3 Å². The van der Waals surface area contributed by atoms with Gasteiger partial charge in [0.2, 0.25) is 0 Å². The molecule has 1 fully saturated rings. The molecule has 18 heavy (non-hydrogen) atoms. The van der Waals surface area contributed by atoms with Crippen LogP contribution in [-0.4, -0.2) is 30.2 Å². The second kappa shape index (κ2) is 5.87. The van der Waals surface area contributed by atoms with E-state index in [-0.39, 0.29) is 6.10 Å². The third-order valence-corrected chi connectivity index (χ3v) is 3.12. The van der Waals surface area contributed by atoms with Gasteiger partial charge in [0.05, 0.1) is 11.8 Å². The average molecular weight is 249 g/mol. The lowest BCUT2D eigenvalue weighted by atomic mass is 10.1. The normalized spacial score (nSPS) is 20.1. The highest BCUT2D eigenvalue weighted by molar-refractivity contribution is 6.00. The zero-order valence-electron chi connectivity index (χ0n) is 10.8. The highest BCUT2D eigenvalue weighted by atomic mass is 16.5. The standard InChI is InChI=1S/C14H19NO3/c1-10-5-6-14(13(8-10)11(2)15-16)18-9-12-4-3-7-17-12/h5-6,8,12,16H,3-4,7,9H2,1-2H3/b15-11+. The molecule has 0 spiro atoms. The Morgan fingerprint density at radius 1 is 1.56 bits per heavy atom. The van der Waals surface area contributed by atoms with Gasteiger partial charge in [-0.1, -0.05) is 16.8 Å². The number of hydrogen-bond acceptors (Lipinski definition) is 4. The van der Waals surface area contributed by atoms with Crippen LogP contribution in [-0.2, 0) is 4.74 Å². The lowest BCUT2D eigenvalue weighted by Gasteiger charge is -2.14. The van der Waals surface area contributed by atoms with E-state index in [1.54, 1.807) is 6.92 Å². The maximum Gasteiger partial charge on any atom is 0.128 e. The minimum absolute atomic E-state index is 0.186. The number of aryl methyl sites for hydroxylation is 1. The van der Waals surface area contributed by atoms with Crippen LogP contribution in [0.5, 0.6) is 5.75 Å². The van der Waals surface area contributed by atoms with Gasteiger partial charge in [-0.2, -0.15) is 0 Å². The molecule has 0 amide bonds. The lowest BCUT2D eigenvalue weighted by Crippen LogP contribution is -2.17. The Bertz CT molecular complexity index is 437.